The molecule has 0 aromatic carbocycles. The zero-order valence-corrected chi connectivity index (χ0v) is 18.8. The number of ether oxygens (including phenoxy) is 1. The maximum Gasteiger partial charge on any atom is 0.207 e. The van der Waals surface area contributed by atoms with E-state index in [9.17, 15) is 9.18 Å². The fourth-order valence-corrected chi connectivity index (χ4v) is 6.31. The Morgan fingerprint density at radius 2 is 2.00 bits per heavy atom. The number of nitrogens with one attached hydrogen (secondary N) is 1. The van der Waals surface area contributed by atoms with Crippen LogP contribution in [-0.4, -0.2) is 25.7 Å². The van der Waals surface area contributed by atoms with Crippen LogP contribution in [0, 0.1) is 29.1 Å². The molecule has 3 nitrogen and oxygen atoms in total. The molecule has 0 aromatic rings. The van der Waals surface area contributed by atoms with Crippen molar-refractivity contribution in [2.45, 2.75) is 85.2 Å². The summed E-state index contributed by atoms with van der Waals surface area (Å²) >= 11 is 0. The third kappa shape index (κ3) is 5.93. The number of fused-ring (bicyclic) bond motifs is 2. The lowest BCUT2D eigenvalue weighted by molar-refractivity contribution is -0.109. The zero-order valence-electron chi connectivity index (χ0n) is 18.8. The van der Waals surface area contributed by atoms with Crippen molar-refractivity contribution in [2.75, 3.05) is 13.2 Å². The molecule has 2 bridgehead atoms. The molecule has 4 unspecified atom stereocenters. The molecule has 0 aliphatic heterocycles. The van der Waals surface area contributed by atoms with Crippen molar-refractivity contribution in [2.24, 2.45) is 29.1 Å². The van der Waals surface area contributed by atoms with Gasteiger partial charge < -0.3 is 10.1 Å². The number of hydrogen-bond acceptors (Lipinski definition) is 2. The van der Waals surface area contributed by atoms with Gasteiger partial charge in [0, 0.05) is 13.0 Å². The molecule has 4 atom stereocenters. The maximum atomic E-state index is 14.9. The summed E-state index contributed by atoms with van der Waals surface area (Å²) in [6.07, 6.45) is 11.4. The maximum absolute atomic E-state index is 14.9. The Balaban J connectivity index is 1.52. The quantitative estimate of drug-likeness (QED) is 0.380. The molecule has 0 heterocycles. The van der Waals surface area contributed by atoms with Gasteiger partial charge in [0.2, 0.25) is 6.41 Å². The average Bonchev–Trinajstić information content (AvgIpc) is 2.64. The first kappa shape index (κ1) is 22.5. The van der Waals surface area contributed by atoms with Crippen LogP contribution in [-0.2, 0) is 9.53 Å². The van der Waals surface area contributed by atoms with Gasteiger partial charge in [0.1, 0.15) is 5.83 Å². The van der Waals surface area contributed by atoms with Gasteiger partial charge in [-0.1, -0.05) is 26.8 Å². The Morgan fingerprint density at radius 3 is 2.66 bits per heavy atom. The van der Waals surface area contributed by atoms with Gasteiger partial charge >= 0.3 is 0 Å². The summed E-state index contributed by atoms with van der Waals surface area (Å²) in [4.78, 5) is 10.3. The van der Waals surface area contributed by atoms with Crippen LogP contribution in [0.1, 0.15) is 79.1 Å². The van der Waals surface area contributed by atoms with Crippen LogP contribution in [0.4, 0.5) is 4.39 Å². The van der Waals surface area contributed by atoms with Crippen LogP contribution >= 0.6 is 0 Å². The van der Waals surface area contributed by atoms with Gasteiger partial charge in [-0.25, -0.2) is 4.39 Å². The third-order valence-corrected chi connectivity index (χ3v) is 7.48. The van der Waals surface area contributed by atoms with Gasteiger partial charge in [-0.3, -0.25) is 4.79 Å². The lowest BCUT2D eigenvalue weighted by atomic mass is 9.60. The van der Waals surface area contributed by atoms with Crippen molar-refractivity contribution in [1.82, 2.24) is 5.32 Å². The number of carbonyl (C=O) groups excluding carboxylic acids is 1. The van der Waals surface area contributed by atoms with Crippen LogP contribution in [0.5, 0.6) is 0 Å². The van der Waals surface area contributed by atoms with Crippen LogP contribution in [0.3, 0.4) is 0 Å². The van der Waals surface area contributed by atoms with Gasteiger partial charge in [0.05, 0.1) is 12.7 Å². The average molecular weight is 406 g/mol. The second-order valence-electron chi connectivity index (χ2n) is 10.6. The number of halogens is 1. The van der Waals surface area contributed by atoms with E-state index in [0.717, 1.165) is 54.8 Å². The minimum absolute atomic E-state index is 0.0176. The zero-order chi connectivity index (χ0) is 21.0. The van der Waals surface area contributed by atoms with Gasteiger partial charge in [-0.15, -0.1) is 0 Å². The molecule has 0 aromatic heterocycles. The molecule has 164 valence electrons. The van der Waals surface area contributed by atoms with Crippen molar-refractivity contribution in [3.63, 3.8) is 0 Å². The van der Waals surface area contributed by atoms with Crippen LogP contribution in [0.2, 0.25) is 0 Å². The molecule has 1 N–H and O–H groups in total. The Bertz CT molecular complexity index is 623. The molecule has 29 heavy (non-hydrogen) atoms. The van der Waals surface area contributed by atoms with E-state index in [1.165, 1.54) is 32.1 Å². The molecule has 1 amide bonds. The van der Waals surface area contributed by atoms with Crippen LogP contribution in [0.25, 0.3) is 0 Å². The normalized spacial score (nSPS) is 35.8. The standard InChI is InChI=1S/C25H40FNO2/c1-17-8-20-11-21(9-17)14-25(4,13-20)15-29-24-12-23(26)22(10-19(24)3)18(2)6-5-7-27-16-28/h10,16-18,20-21,24H,5-9,11-15H2,1-4H3,(H,27,28). The predicted octanol–water partition coefficient (Wildman–Crippen LogP) is 5.96. The largest absolute Gasteiger partial charge is 0.373 e. The van der Waals surface area contributed by atoms with E-state index in [0.29, 0.717) is 13.0 Å². The summed E-state index contributed by atoms with van der Waals surface area (Å²) in [5, 5.41) is 2.68. The van der Waals surface area contributed by atoms with E-state index >= 15 is 0 Å². The SMILES string of the molecule is CC1=CC(C(C)CCCNC=O)=C(F)CC1OCC1(C)CC2CC(C)CC(C2)C1. The summed E-state index contributed by atoms with van der Waals surface area (Å²) in [5.74, 6) is 2.73. The first-order chi connectivity index (χ1) is 13.8. The minimum Gasteiger partial charge on any atom is -0.373 e. The highest BCUT2D eigenvalue weighted by Crippen LogP contribution is 2.50. The molecular formula is C25H40FNO2. The number of carbonyl (C=O) groups is 1. The number of allylic oxidation sites excluding steroid dienone is 2. The molecule has 2 saturated carbocycles. The van der Waals surface area contributed by atoms with Crippen molar-refractivity contribution in [3.05, 3.63) is 23.0 Å². The molecule has 2 fully saturated rings. The lowest BCUT2D eigenvalue weighted by Crippen LogP contribution is -2.39. The lowest BCUT2D eigenvalue weighted by Gasteiger charge is -2.47. The first-order valence-corrected chi connectivity index (χ1v) is 11.6. The highest BCUT2D eigenvalue weighted by Gasteiger charge is 2.41. The second kappa shape index (κ2) is 9.76. The highest BCUT2D eigenvalue weighted by atomic mass is 19.1. The summed E-state index contributed by atoms with van der Waals surface area (Å²) in [5.41, 5.74) is 2.21. The van der Waals surface area contributed by atoms with Gasteiger partial charge in [0.25, 0.3) is 0 Å². The van der Waals surface area contributed by atoms with Crippen molar-refractivity contribution in [3.8, 4) is 0 Å². The van der Waals surface area contributed by atoms with Crippen molar-refractivity contribution >= 4 is 6.41 Å². The van der Waals surface area contributed by atoms with Crippen LogP contribution < -0.4 is 5.32 Å². The van der Waals surface area contributed by atoms with E-state index in [2.05, 4.69) is 33.0 Å². The monoisotopic (exact) mass is 405 g/mol. The fraction of sp³-hybridized carbons (Fsp3) is 0.800. The number of amides is 1. The Morgan fingerprint density at radius 1 is 1.31 bits per heavy atom. The summed E-state index contributed by atoms with van der Waals surface area (Å²) < 4.78 is 21.2. The van der Waals surface area contributed by atoms with E-state index in [1.807, 2.05) is 6.08 Å². The van der Waals surface area contributed by atoms with Crippen molar-refractivity contribution < 1.29 is 13.9 Å². The van der Waals surface area contributed by atoms with E-state index in [4.69, 9.17) is 4.74 Å². The van der Waals surface area contributed by atoms with Gasteiger partial charge in [0.15, 0.2) is 0 Å². The Kier molecular flexibility index (Phi) is 7.58. The predicted molar refractivity (Wildman–Crippen MR) is 116 cm³/mol. The molecule has 0 saturated heterocycles. The smallest absolute Gasteiger partial charge is 0.207 e. The Hall–Kier alpha value is -1.16. The fourth-order valence-electron chi connectivity index (χ4n) is 6.31. The highest BCUT2D eigenvalue weighted by molar-refractivity contribution is 5.45. The minimum atomic E-state index is -0.125. The number of rotatable bonds is 9. The number of hydrogen-bond donors (Lipinski definition) is 1. The molecule has 4 heteroatoms. The third-order valence-electron chi connectivity index (χ3n) is 7.48. The summed E-state index contributed by atoms with van der Waals surface area (Å²) in [6, 6.07) is 0. The van der Waals surface area contributed by atoms with Gasteiger partial charge in [-0.2, -0.15) is 0 Å². The van der Waals surface area contributed by atoms with Gasteiger partial charge in [-0.05, 0) is 92.1 Å². The topological polar surface area (TPSA) is 38.3 Å². The summed E-state index contributed by atoms with van der Waals surface area (Å²) in [7, 11) is 0. The van der Waals surface area contributed by atoms with E-state index in [1.54, 1.807) is 0 Å². The molecule has 0 radical (unpaired) electrons. The van der Waals surface area contributed by atoms with Crippen LogP contribution in [0.15, 0.2) is 23.0 Å². The second-order valence-corrected chi connectivity index (χ2v) is 10.6. The first-order valence-electron chi connectivity index (χ1n) is 11.6. The van der Waals surface area contributed by atoms with Crippen molar-refractivity contribution in [1.29, 1.82) is 0 Å². The Labute approximate surface area is 176 Å². The molecule has 3 aliphatic carbocycles. The molecule has 3 aliphatic rings. The molecule has 3 rings (SSSR count). The molecule has 0 spiro atoms. The molecular weight excluding hydrogens is 365 g/mol. The van der Waals surface area contributed by atoms with E-state index in [-0.39, 0.29) is 23.3 Å². The van der Waals surface area contributed by atoms with E-state index < -0.39 is 0 Å². The summed E-state index contributed by atoms with van der Waals surface area (Å²) in [6.45, 7) is 10.3.